The van der Waals surface area contributed by atoms with Crippen LogP contribution < -0.4 is 5.32 Å². The molecule has 0 saturated carbocycles. The summed E-state index contributed by atoms with van der Waals surface area (Å²) >= 11 is 0. The van der Waals surface area contributed by atoms with E-state index in [1.54, 1.807) is 0 Å². The second kappa shape index (κ2) is 8.12. The molecule has 0 aromatic rings. The lowest BCUT2D eigenvalue weighted by Gasteiger charge is -2.36. The summed E-state index contributed by atoms with van der Waals surface area (Å²) in [5.74, 6) is -0.692. The fraction of sp³-hybridized carbons (Fsp3) is 0.882. The predicted molar refractivity (Wildman–Crippen MR) is 87.3 cm³/mol. The Morgan fingerprint density at radius 3 is 2.58 bits per heavy atom. The van der Waals surface area contributed by atoms with E-state index in [0.717, 1.165) is 30.6 Å². The molecule has 0 bridgehead atoms. The standard InChI is InChI=1S/C17H26F3N3O3/c18-17(19,20)11-23-7-3-14(16(23)25)22-6-1-2-12(10-22)15(24)21-13-4-8-26-9-5-13/h12-14H,1-11H2,(H,21,24). The third-order valence-corrected chi connectivity index (χ3v) is 5.47. The van der Waals surface area contributed by atoms with E-state index >= 15 is 0 Å². The molecule has 1 N–H and O–H groups in total. The van der Waals surface area contributed by atoms with E-state index in [-0.39, 0.29) is 24.4 Å². The fourth-order valence-corrected chi connectivity index (χ4v) is 4.10. The molecule has 3 aliphatic rings. The Kier molecular flexibility index (Phi) is 6.06. The van der Waals surface area contributed by atoms with Gasteiger partial charge in [-0.1, -0.05) is 0 Å². The van der Waals surface area contributed by atoms with Crippen LogP contribution in [0.5, 0.6) is 0 Å². The number of carbonyl (C=O) groups excluding carboxylic acids is 2. The zero-order valence-electron chi connectivity index (χ0n) is 14.8. The molecule has 3 heterocycles. The molecule has 3 fully saturated rings. The molecule has 6 nitrogen and oxygen atoms in total. The Hall–Kier alpha value is -1.35. The van der Waals surface area contributed by atoms with Gasteiger partial charge in [-0.15, -0.1) is 0 Å². The van der Waals surface area contributed by atoms with Gasteiger partial charge >= 0.3 is 6.18 Å². The summed E-state index contributed by atoms with van der Waals surface area (Å²) in [5, 5.41) is 3.06. The number of ether oxygens (including phenoxy) is 1. The number of likely N-dealkylation sites (tertiary alicyclic amines) is 2. The number of rotatable bonds is 4. The summed E-state index contributed by atoms with van der Waals surface area (Å²) in [6.07, 6.45) is -0.860. The monoisotopic (exact) mass is 377 g/mol. The molecule has 3 rings (SSSR count). The van der Waals surface area contributed by atoms with Crippen molar-refractivity contribution in [2.75, 3.05) is 39.4 Å². The van der Waals surface area contributed by atoms with E-state index in [4.69, 9.17) is 4.74 Å². The minimum absolute atomic E-state index is 0.0146. The van der Waals surface area contributed by atoms with Crippen molar-refractivity contribution >= 4 is 11.8 Å². The molecule has 2 atom stereocenters. The number of amides is 2. The summed E-state index contributed by atoms with van der Waals surface area (Å²) in [5.41, 5.74) is 0. The highest BCUT2D eigenvalue weighted by Gasteiger charge is 2.43. The number of hydrogen-bond donors (Lipinski definition) is 1. The first-order valence-electron chi connectivity index (χ1n) is 9.31. The van der Waals surface area contributed by atoms with Gasteiger partial charge in [0, 0.05) is 32.3 Å². The molecule has 0 spiro atoms. The molecule has 2 unspecified atom stereocenters. The van der Waals surface area contributed by atoms with Crippen molar-refractivity contribution in [1.82, 2.24) is 15.1 Å². The van der Waals surface area contributed by atoms with E-state index < -0.39 is 24.7 Å². The summed E-state index contributed by atoms with van der Waals surface area (Å²) in [6.45, 7) is 1.31. The first-order chi connectivity index (χ1) is 12.3. The zero-order chi connectivity index (χ0) is 18.7. The second-order valence-corrected chi connectivity index (χ2v) is 7.41. The van der Waals surface area contributed by atoms with Crippen LogP contribution in [0.3, 0.4) is 0 Å². The SMILES string of the molecule is O=C(NC1CCOCC1)C1CCCN(C2CCN(CC(F)(F)F)C2=O)C1. The minimum Gasteiger partial charge on any atom is -0.381 e. The van der Waals surface area contributed by atoms with Gasteiger partial charge in [-0.3, -0.25) is 14.5 Å². The fourth-order valence-electron chi connectivity index (χ4n) is 4.10. The van der Waals surface area contributed by atoms with Gasteiger partial charge in [0.2, 0.25) is 11.8 Å². The van der Waals surface area contributed by atoms with Crippen LogP contribution in [0.1, 0.15) is 32.1 Å². The molecule has 0 aliphatic carbocycles. The Balaban J connectivity index is 1.53. The van der Waals surface area contributed by atoms with Crippen LogP contribution in [-0.2, 0) is 14.3 Å². The normalized spacial score (nSPS) is 29.2. The van der Waals surface area contributed by atoms with Gasteiger partial charge in [0.1, 0.15) is 6.54 Å². The highest BCUT2D eigenvalue weighted by Crippen LogP contribution is 2.27. The Bertz CT molecular complexity index is 523. The molecule has 0 aromatic carbocycles. The summed E-state index contributed by atoms with van der Waals surface area (Å²) in [7, 11) is 0. The van der Waals surface area contributed by atoms with Crippen molar-refractivity contribution in [3.05, 3.63) is 0 Å². The summed E-state index contributed by atoms with van der Waals surface area (Å²) in [6, 6.07) is -0.405. The van der Waals surface area contributed by atoms with Crippen molar-refractivity contribution in [3.63, 3.8) is 0 Å². The number of alkyl halides is 3. The number of piperidine rings is 1. The number of halogens is 3. The van der Waals surface area contributed by atoms with Crippen molar-refractivity contribution in [3.8, 4) is 0 Å². The van der Waals surface area contributed by atoms with Crippen LogP contribution in [-0.4, -0.2) is 79.3 Å². The average molecular weight is 377 g/mol. The predicted octanol–water partition coefficient (Wildman–Crippen LogP) is 1.16. The Morgan fingerprint density at radius 1 is 1.15 bits per heavy atom. The van der Waals surface area contributed by atoms with Gasteiger partial charge < -0.3 is 15.0 Å². The van der Waals surface area contributed by atoms with E-state index in [0.29, 0.717) is 32.7 Å². The molecule has 0 radical (unpaired) electrons. The van der Waals surface area contributed by atoms with Crippen LogP contribution in [0.15, 0.2) is 0 Å². The van der Waals surface area contributed by atoms with Gasteiger partial charge in [0.05, 0.1) is 12.0 Å². The Morgan fingerprint density at radius 2 is 1.88 bits per heavy atom. The third-order valence-electron chi connectivity index (χ3n) is 5.47. The zero-order valence-corrected chi connectivity index (χ0v) is 14.8. The van der Waals surface area contributed by atoms with Crippen LogP contribution >= 0.6 is 0 Å². The van der Waals surface area contributed by atoms with E-state index in [9.17, 15) is 22.8 Å². The van der Waals surface area contributed by atoms with E-state index in [2.05, 4.69) is 5.32 Å². The van der Waals surface area contributed by atoms with Crippen LogP contribution in [0, 0.1) is 5.92 Å². The lowest BCUT2D eigenvalue weighted by Crippen LogP contribution is -2.51. The molecule has 148 valence electrons. The molecule has 2 amide bonds. The smallest absolute Gasteiger partial charge is 0.381 e. The Labute approximate surface area is 151 Å². The molecule has 26 heavy (non-hydrogen) atoms. The minimum atomic E-state index is -4.38. The quantitative estimate of drug-likeness (QED) is 0.799. The maximum Gasteiger partial charge on any atom is 0.406 e. The largest absolute Gasteiger partial charge is 0.406 e. The number of nitrogens with one attached hydrogen (secondary N) is 1. The number of carbonyl (C=O) groups is 2. The lowest BCUT2D eigenvalue weighted by atomic mass is 9.94. The van der Waals surface area contributed by atoms with E-state index in [1.165, 1.54) is 0 Å². The van der Waals surface area contributed by atoms with Crippen molar-refractivity contribution in [1.29, 1.82) is 0 Å². The van der Waals surface area contributed by atoms with Crippen LogP contribution in [0.4, 0.5) is 13.2 Å². The van der Waals surface area contributed by atoms with Crippen molar-refractivity contribution in [2.45, 2.75) is 50.4 Å². The lowest BCUT2D eigenvalue weighted by molar-refractivity contribution is -0.159. The van der Waals surface area contributed by atoms with E-state index in [1.807, 2.05) is 4.90 Å². The maximum atomic E-state index is 12.6. The van der Waals surface area contributed by atoms with Crippen LogP contribution in [0.25, 0.3) is 0 Å². The summed E-state index contributed by atoms with van der Waals surface area (Å²) in [4.78, 5) is 27.7. The number of nitrogens with zero attached hydrogens (tertiary/aromatic N) is 2. The average Bonchev–Trinajstić information content (AvgIpc) is 2.95. The first kappa shape index (κ1) is 19.4. The third kappa shape index (κ3) is 4.88. The van der Waals surface area contributed by atoms with Gasteiger partial charge in [-0.2, -0.15) is 13.2 Å². The maximum absolute atomic E-state index is 12.6. The van der Waals surface area contributed by atoms with Crippen molar-refractivity contribution < 1.29 is 27.5 Å². The molecule has 9 heteroatoms. The highest BCUT2D eigenvalue weighted by molar-refractivity contribution is 5.84. The van der Waals surface area contributed by atoms with Gasteiger partial charge in [-0.25, -0.2) is 0 Å². The molecule has 3 saturated heterocycles. The first-order valence-corrected chi connectivity index (χ1v) is 9.31. The highest BCUT2D eigenvalue weighted by atomic mass is 19.4. The van der Waals surface area contributed by atoms with Crippen molar-refractivity contribution in [2.24, 2.45) is 5.92 Å². The molecular weight excluding hydrogens is 351 g/mol. The molecular formula is C17H26F3N3O3. The van der Waals surface area contributed by atoms with Gasteiger partial charge in [0.25, 0.3) is 0 Å². The topological polar surface area (TPSA) is 61.9 Å². The molecule has 0 aromatic heterocycles. The van der Waals surface area contributed by atoms with Gasteiger partial charge in [-0.05, 0) is 38.6 Å². The summed E-state index contributed by atoms with van der Waals surface area (Å²) < 4.78 is 43.0. The van der Waals surface area contributed by atoms with Gasteiger partial charge in [0.15, 0.2) is 0 Å². The van der Waals surface area contributed by atoms with Crippen LogP contribution in [0.2, 0.25) is 0 Å². The second-order valence-electron chi connectivity index (χ2n) is 7.41. The molecule has 3 aliphatic heterocycles. The number of hydrogen-bond acceptors (Lipinski definition) is 4.